The van der Waals surface area contributed by atoms with Crippen molar-refractivity contribution < 1.29 is 14.3 Å². The van der Waals surface area contributed by atoms with Crippen LogP contribution >= 0.6 is 0 Å². The number of hydrogen-bond acceptors (Lipinski definition) is 6. The van der Waals surface area contributed by atoms with Gasteiger partial charge in [-0.05, 0) is 32.4 Å². The van der Waals surface area contributed by atoms with E-state index in [1.54, 1.807) is 13.3 Å². The molecule has 1 aromatic heterocycles. The highest BCUT2D eigenvalue weighted by Crippen LogP contribution is 2.31. The molecule has 3 aliphatic rings. The Morgan fingerprint density at radius 2 is 2.16 bits per heavy atom. The van der Waals surface area contributed by atoms with E-state index >= 15 is 0 Å². The van der Waals surface area contributed by atoms with Gasteiger partial charge in [-0.3, -0.25) is 4.79 Å². The number of carbonyl (C=O) groups excluding carboxylic acids is 1. The molecule has 1 aromatic rings. The maximum absolute atomic E-state index is 13.0. The van der Waals surface area contributed by atoms with Crippen molar-refractivity contribution in [3.05, 3.63) is 11.9 Å². The first-order valence-electron chi connectivity index (χ1n) is 9.27. The van der Waals surface area contributed by atoms with Crippen molar-refractivity contribution >= 4 is 5.91 Å². The summed E-state index contributed by atoms with van der Waals surface area (Å²) in [7, 11) is 1.73. The van der Waals surface area contributed by atoms with E-state index in [2.05, 4.69) is 15.2 Å². The molecule has 25 heavy (non-hydrogen) atoms. The summed E-state index contributed by atoms with van der Waals surface area (Å²) >= 11 is 0. The van der Waals surface area contributed by atoms with Crippen molar-refractivity contribution in [2.75, 3.05) is 46.4 Å². The molecule has 1 amide bonds. The van der Waals surface area contributed by atoms with Gasteiger partial charge in [-0.25, -0.2) is 4.68 Å². The highest BCUT2D eigenvalue weighted by atomic mass is 16.5. The van der Waals surface area contributed by atoms with Crippen LogP contribution in [0.4, 0.5) is 0 Å². The zero-order chi connectivity index (χ0) is 17.2. The Morgan fingerprint density at radius 1 is 1.32 bits per heavy atom. The molecule has 3 aliphatic heterocycles. The smallest absolute Gasteiger partial charge is 0.225 e. The van der Waals surface area contributed by atoms with E-state index in [1.807, 2.05) is 9.58 Å². The molecular weight excluding hydrogens is 322 g/mol. The summed E-state index contributed by atoms with van der Waals surface area (Å²) < 4.78 is 13.0. The fourth-order valence-corrected chi connectivity index (χ4v) is 4.26. The van der Waals surface area contributed by atoms with Gasteiger partial charge in [0.2, 0.25) is 5.91 Å². The lowest BCUT2D eigenvalue weighted by Crippen LogP contribution is -2.52. The molecule has 0 aromatic carbocycles. The first-order chi connectivity index (χ1) is 12.3. The van der Waals surface area contributed by atoms with Crippen LogP contribution in [-0.4, -0.2) is 83.2 Å². The van der Waals surface area contributed by atoms with Gasteiger partial charge in [-0.15, -0.1) is 5.10 Å². The second-order valence-corrected chi connectivity index (χ2v) is 7.27. The Hall–Kier alpha value is -1.51. The van der Waals surface area contributed by atoms with Crippen LogP contribution in [0, 0.1) is 5.92 Å². The van der Waals surface area contributed by atoms with Crippen molar-refractivity contribution in [2.45, 2.75) is 38.0 Å². The van der Waals surface area contributed by atoms with Gasteiger partial charge < -0.3 is 19.3 Å². The number of fused-ring (bicyclic) bond motifs is 3. The summed E-state index contributed by atoms with van der Waals surface area (Å²) in [5.41, 5.74) is 1.00. The highest BCUT2D eigenvalue weighted by Gasteiger charge is 2.39. The van der Waals surface area contributed by atoms with Gasteiger partial charge in [-0.1, -0.05) is 5.21 Å². The first-order valence-corrected chi connectivity index (χ1v) is 9.27. The van der Waals surface area contributed by atoms with E-state index in [0.29, 0.717) is 19.1 Å². The zero-order valence-electron chi connectivity index (χ0n) is 14.8. The van der Waals surface area contributed by atoms with E-state index < -0.39 is 0 Å². The lowest BCUT2D eigenvalue weighted by atomic mass is 9.93. The fraction of sp³-hybridized carbons (Fsp3) is 0.824. The number of nitrogens with zero attached hydrogens (tertiary/aromatic N) is 5. The molecule has 0 spiro atoms. The lowest BCUT2D eigenvalue weighted by Gasteiger charge is -2.42. The first kappa shape index (κ1) is 16.9. The van der Waals surface area contributed by atoms with Crippen LogP contribution in [0.3, 0.4) is 0 Å². The van der Waals surface area contributed by atoms with Crippen LogP contribution < -0.4 is 0 Å². The minimum absolute atomic E-state index is 0.103. The van der Waals surface area contributed by atoms with Crippen LogP contribution in [0.15, 0.2) is 6.20 Å². The average molecular weight is 349 g/mol. The van der Waals surface area contributed by atoms with Gasteiger partial charge in [-0.2, -0.15) is 0 Å². The number of carbonyl (C=O) groups is 1. The molecule has 0 aliphatic carbocycles. The second-order valence-electron chi connectivity index (χ2n) is 7.27. The minimum Gasteiger partial charge on any atom is -0.383 e. The highest BCUT2D eigenvalue weighted by molar-refractivity contribution is 5.79. The van der Waals surface area contributed by atoms with Gasteiger partial charge in [0.1, 0.15) is 0 Å². The van der Waals surface area contributed by atoms with E-state index in [0.717, 1.165) is 57.7 Å². The van der Waals surface area contributed by atoms with Crippen molar-refractivity contribution in [3.63, 3.8) is 0 Å². The van der Waals surface area contributed by atoms with Crippen LogP contribution in [0.25, 0.3) is 0 Å². The summed E-state index contributed by atoms with van der Waals surface area (Å²) in [4.78, 5) is 17.4. The number of hydrogen-bond donors (Lipinski definition) is 0. The predicted octanol–water partition coefficient (Wildman–Crippen LogP) is 0.309. The molecule has 2 saturated heterocycles. The minimum atomic E-state index is 0.103. The molecule has 4 rings (SSSR count). The second kappa shape index (κ2) is 7.39. The number of aromatic nitrogens is 3. The number of rotatable bonds is 4. The number of amides is 1. The average Bonchev–Trinajstić information content (AvgIpc) is 3.15. The Morgan fingerprint density at radius 3 is 2.96 bits per heavy atom. The van der Waals surface area contributed by atoms with Gasteiger partial charge in [0, 0.05) is 32.7 Å². The molecule has 2 fully saturated rings. The molecule has 0 saturated carbocycles. The number of piperidine rings is 2. The quantitative estimate of drug-likeness (QED) is 0.779. The van der Waals surface area contributed by atoms with Gasteiger partial charge in [0.25, 0.3) is 0 Å². The SMILES string of the molecule is COCCN1CCC(C(=O)N2CC[C@@H]3OCc4cnnn4[C@H]3C2)CC1. The van der Waals surface area contributed by atoms with Crippen LogP contribution in [0.2, 0.25) is 0 Å². The third kappa shape index (κ3) is 3.43. The summed E-state index contributed by atoms with van der Waals surface area (Å²) in [6, 6.07) is 0.103. The standard InChI is InChI=1S/C17H27N5O3/c1-24-9-8-20-5-2-13(3-6-20)17(23)21-7-4-16-15(11-21)22-14(12-25-16)10-18-19-22/h10,13,15-16H,2-9,11-12H2,1H3/t15-,16-/m0/s1. The normalized spacial score (nSPS) is 27.8. The largest absolute Gasteiger partial charge is 0.383 e. The van der Waals surface area contributed by atoms with Gasteiger partial charge >= 0.3 is 0 Å². The molecule has 0 bridgehead atoms. The molecule has 138 valence electrons. The van der Waals surface area contributed by atoms with Crippen molar-refractivity contribution in [2.24, 2.45) is 5.92 Å². The lowest BCUT2D eigenvalue weighted by molar-refractivity contribution is -0.143. The summed E-state index contributed by atoms with van der Waals surface area (Å²) in [5, 5.41) is 8.22. The van der Waals surface area contributed by atoms with E-state index in [4.69, 9.17) is 9.47 Å². The van der Waals surface area contributed by atoms with Crippen LogP contribution in [0.5, 0.6) is 0 Å². The number of methoxy groups -OCH3 is 1. The molecule has 8 heteroatoms. The van der Waals surface area contributed by atoms with Gasteiger partial charge in [0.05, 0.1) is 37.3 Å². The third-order valence-electron chi connectivity index (χ3n) is 5.79. The maximum Gasteiger partial charge on any atom is 0.225 e. The topological polar surface area (TPSA) is 72.7 Å². The monoisotopic (exact) mass is 349 g/mol. The fourth-order valence-electron chi connectivity index (χ4n) is 4.26. The van der Waals surface area contributed by atoms with Crippen molar-refractivity contribution in [3.8, 4) is 0 Å². The molecule has 0 N–H and O–H groups in total. The van der Waals surface area contributed by atoms with E-state index in [-0.39, 0.29) is 18.1 Å². The zero-order valence-corrected chi connectivity index (χ0v) is 14.8. The Balaban J connectivity index is 1.35. The molecule has 0 unspecified atom stereocenters. The summed E-state index contributed by atoms with van der Waals surface area (Å²) in [6.07, 6.45) is 4.67. The maximum atomic E-state index is 13.0. The third-order valence-corrected chi connectivity index (χ3v) is 5.79. The van der Waals surface area contributed by atoms with Crippen LogP contribution in [0.1, 0.15) is 31.0 Å². The molecule has 4 heterocycles. The van der Waals surface area contributed by atoms with Gasteiger partial charge in [0.15, 0.2) is 0 Å². The molecular formula is C17H27N5O3. The predicted molar refractivity (Wildman–Crippen MR) is 89.9 cm³/mol. The summed E-state index contributed by atoms with van der Waals surface area (Å²) in [5.74, 6) is 0.451. The molecule has 2 atom stereocenters. The molecule has 8 nitrogen and oxygen atoms in total. The van der Waals surface area contributed by atoms with E-state index in [9.17, 15) is 4.79 Å². The van der Waals surface area contributed by atoms with Crippen molar-refractivity contribution in [1.82, 2.24) is 24.8 Å². The van der Waals surface area contributed by atoms with Crippen LogP contribution in [-0.2, 0) is 20.9 Å². The molecule has 0 radical (unpaired) electrons. The summed E-state index contributed by atoms with van der Waals surface area (Å²) in [6.45, 7) is 5.72. The van der Waals surface area contributed by atoms with E-state index in [1.165, 1.54) is 0 Å². The Labute approximate surface area is 148 Å². The van der Waals surface area contributed by atoms with Crippen molar-refractivity contribution in [1.29, 1.82) is 0 Å². The Kier molecular flexibility index (Phi) is 5.00. The number of likely N-dealkylation sites (tertiary alicyclic amines) is 2. The Bertz CT molecular complexity index is 599. The number of ether oxygens (including phenoxy) is 2.